The molecule has 0 saturated heterocycles. The Morgan fingerprint density at radius 3 is 2.53 bits per heavy atom. The summed E-state index contributed by atoms with van der Waals surface area (Å²) in [6.45, 7) is 4.35. The van der Waals surface area contributed by atoms with Crippen LogP contribution in [0.15, 0.2) is 30.3 Å². The van der Waals surface area contributed by atoms with Crippen molar-refractivity contribution >= 4 is 11.6 Å². The Balaban J connectivity index is 2.22. The van der Waals surface area contributed by atoms with E-state index in [4.69, 9.17) is 0 Å². The van der Waals surface area contributed by atoms with E-state index < -0.39 is 6.10 Å². The second kappa shape index (κ2) is 6.91. The van der Waals surface area contributed by atoms with Gasteiger partial charge in [0.25, 0.3) is 0 Å². The zero-order valence-electron chi connectivity index (χ0n) is 10.3. The third-order valence-corrected chi connectivity index (χ3v) is 2.50. The Morgan fingerprint density at radius 2 is 1.94 bits per heavy atom. The maximum Gasteiger partial charge on any atom is 0.239 e. The van der Waals surface area contributed by atoms with Gasteiger partial charge >= 0.3 is 0 Å². The van der Waals surface area contributed by atoms with Crippen molar-refractivity contribution in [2.24, 2.45) is 5.92 Å². The van der Waals surface area contributed by atoms with Gasteiger partial charge in [0.15, 0.2) is 0 Å². The van der Waals surface area contributed by atoms with E-state index in [1.54, 1.807) is 0 Å². The normalized spacial score (nSPS) is 12.2. The third kappa shape index (κ3) is 5.36. The van der Waals surface area contributed by atoms with E-state index in [1.165, 1.54) is 0 Å². The summed E-state index contributed by atoms with van der Waals surface area (Å²) in [6, 6.07) is 9.53. The Labute approximate surface area is 102 Å². The van der Waals surface area contributed by atoms with Crippen LogP contribution >= 0.6 is 0 Å². The van der Waals surface area contributed by atoms with Crippen LogP contribution in [0, 0.1) is 5.92 Å². The van der Waals surface area contributed by atoms with Gasteiger partial charge in [0.05, 0.1) is 12.6 Å². The van der Waals surface area contributed by atoms with Crippen LogP contribution in [0.2, 0.25) is 0 Å². The number of anilines is 1. The quantitative estimate of drug-likeness (QED) is 0.696. The molecule has 0 saturated carbocycles. The van der Waals surface area contributed by atoms with Crippen molar-refractivity contribution < 1.29 is 9.90 Å². The van der Waals surface area contributed by atoms with Crippen LogP contribution in [-0.4, -0.2) is 30.2 Å². The standard InChI is InChI=1S/C13H20N2O2/c1-10(2)12(16)8-15-13(17)9-14-11-6-4-3-5-7-11/h3-7,10,12,14,16H,8-9H2,1-2H3,(H,15,17). The van der Waals surface area contributed by atoms with Crippen molar-refractivity contribution in [1.82, 2.24) is 5.32 Å². The van der Waals surface area contributed by atoms with Crippen LogP contribution in [0.1, 0.15) is 13.8 Å². The highest BCUT2D eigenvalue weighted by atomic mass is 16.3. The molecule has 0 heterocycles. The number of para-hydroxylation sites is 1. The Morgan fingerprint density at radius 1 is 1.29 bits per heavy atom. The molecule has 0 spiro atoms. The molecule has 94 valence electrons. The van der Waals surface area contributed by atoms with Gasteiger partial charge in [-0.1, -0.05) is 32.0 Å². The molecule has 1 atom stereocenters. The lowest BCUT2D eigenvalue weighted by atomic mass is 10.1. The summed E-state index contributed by atoms with van der Waals surface area (Å²) < 4.78 is 0. The van der Waals surface area contributed by atoms with E-state index in [0.29, 0.717) is 6.54 Å². The highest BCUT2D eigenvalue weighted by molar-refractivity contribution is 5.80. The molecule has 1 aromatic rings. The molecule has 17 heavy (non-hydrogen) atoms. The predicted octanol–water partition coefficient (Wildman–Crippen LogP) is 1.23. The Bertz CT molecular complexity index is 339. The first kappa shape index (κ1) is 13.5. The largest absolute Gasteiger partial charge is 0.391 e. The highest BCUT2D eigenvalue weighted by Gasteiger charge is 2.10. The maximum absolute atomic E-state index is 11.5. The Kier molecular flexibility index (Phi) is 5.49. The number of aliphatic hydroxyl groups excluding tert-OH is 1. The van der Waals surface area contributed by atoms with Gasteiger partial charge < -0.3 is 15.7 Å². The van der Waals surface area contributed by atoms with E-state index in [1.807, 2.05) is 44.2 Å². The lowest BCUT2D eigenvalue weighted by Gasteiger charge is -2.15. The maximum atomic E-state index is 11.5. The van der Waals surface area contributed by atoms with Gasteiger partial charge in [0.1, 0.15) is 0 Å². The van der Waals surface area contributed by atoms with Gasteiger partial charge in [-0.25, -0.2) is 0 Å². The molecule has 4 nitrogen and oxygen atoms in total. The van der Waals surface area contributed by atoms with Gasteiger partial charge in [0, 0.05) is 12.2 Å². The molecular formula is C13H20N2O2. The molecule has 0 aliphatic rings. The summed E-state index contributed by atoms with van der Waals surface area (Å²) in [4.78, 5) is 11.5. The number of aliphatic hydroxyl groups is 1. The van der Waals surface area contributed by atoms with Crippen LogP contribution in [0.4, 0.5) is 5.69 Å². The number of hydrogen-bond donors (Lipinski definition) is 3. The minimum Gasteiger partial charge on any atom is -0.391 e. The number of carbonyl (C=O) groups excluding carboxylic acids is 1. The molecular weight excluding hydrogens is 216 g/mol. The fraction of sp³-hybridized carbons (Fsp3) is 0.462. The number of hydrogen-bond acceptors (Lipinski definition) is 3. The zero-order chi connectivity index (χ0) is 12.7. The van der Waals surface area contributed by atoms with Gasteiger partial charge in [-0.05, 0) is 18.1 Å². The van der Waals surface area contributed by atoms with Crippen LogP contribution < -0.4 is 10.6 Å². The van der Waals surface area contributed by atoms with Crippen molar-refractivity contribution in [3.8, 4) is 0 Å². The molecule has 1 amide bonds. The first-order valence-corrected chi connectivity index (χ1v) is 5.83. The fourth-order valence-electron chi connectivity index (χ4n) is 1.25. The third-order valence-electron chi connectivity index (χ3n) is 2.50. The first-order chi connectivity index (χ1) is 8.09. The summed E-state index contributed by atoms with van der Waals surface area (Å²) in [5, 5.41) is 15.2. The average molecular weight is 236 g/mol. The summed E-state index contributed by atoms with van der Waals surface area (Å²) in [5.41, 5.74) is 0.909. The van der Waals surface area contributed by atoms with E-state index in [2.05, 4.69) is 10.6 Å². The number of nitrogens with one attached hydrogen (secondary N) is 2. The molecule has 0 aliphatic heterocycles. The molecule has 0 bridgehead atoms. The van der Waals surface area contributed by atoms with Crippen molar-refractivity contribution in [1.29, 1.82) is 0 Å². The molecule has 3 N–H and O–H groups in total. The SMILES string of the molecule is CC(C)C(O)CNC(=O)CNc1ccccc1. The van der Waals surface area contributed by atoms with Gasteiger partial charge in [-0.3, -0.25) is 4.79 Å². The first-order valence-electron chi connectivity index (χ1n) is 5.83. The van der Waals surface area contributed by atoms with Crippen LogP contribution in [0.5, 0.6) is 0 Å². The van der Waals surface area contributed by atoms with E-state index in [9.17, 15) is 9.90 Å². The number of amides is 1. The van der Waals surface area contributed by atoms with Crippen molar-refractivity contribution in [3.05, 3.63) is 30.3 Å². The molecule has 0 aliphatic carbocycles. The Hall–Kier alpha value is -1.55. The molecule has 0 aromatic heterocycles. The predicted molar refractivity (Wildman–Crippen MR) is 68.8 cm³/mol. The smallest absolute Gasteiger partial charge is 0.239 e. The minimum absolute atomic E-state index is 0.117. The number of carbonyl (C=O) groups is 1. The summed E-state index contributed by atoms with van der Waals surface area (Å²) >= 11 is 0. The minimum atomic E-state index is -0.490. The average Bonchev–Trinajstić information content (AvgIpc) is 2.34. The lowest BCUT2D eigenvalue weighted by Crippen LogP contribution is -2.37. The summed E-state index contributed by atoms with van der Waals surface area (Å²) in [5.74, 6) is 0.0333. The van der Waals surface area contributed by atoms with Crippen molar-refractivity contribution in [2.45, 2.75) is 20.0 Å². The summed E-state index contributed by atoms with van der Waals surface area (Å²) in [7, 11) is 0. The van der Waals surface area contributed by atoms with Gasteiger partial charge in [0.2, 0.25) is 5.91 Å². The van der Waals surface area contributed by atoms with Crippen molar-refractivity contribution in [3.63, 3.8) is 0 Å². The van der Waals surface area contributed by atoms with Crippen LogP contribution in [0.3, 0.4) is 0 Å². The lowest BCUT2D eigenvalue weighted by molar-refractivity contribution is -0.120. The molecule has 1 aromatic carbocycles. The van der Waals surface area contributed by atoms with Crippen molar-refractivity contribution in [2.75, 3.05) is 18.4 Å². The summed E-state index contributed by atoms with van der Waals surface area (Å²) in [6.07, 6.45) is -0.490. The zero-order valence-corrected chi connectivity index (χ0v) is 10.3. The van der Waals surface area contributed by atoms with E-state index in [-0.39, 0.29) is 18.4 Å². The molecule has 1 unspecified atom stereocenters. The molecule has 1 rings (SSSR count). The molecule has 4 heteroatoms. The number of rotatable bonds is 6. The van der Waals surface area contributed by atoms with Crippen LogP contribution in [-0.2, 0) is 4.79 Å². The van der Waals surface area contributed by atoms with Crippen LogP contribution in [0.25, 0.3) is 0 Å². The second-order valence-corrected chi connectivity index (χ2v) is 4.34. The van der Waals surface area contributed by atoms with E-state index in [0.717, 1.165) is 5.69 Å². The molecule has 0 radical (unpaired) electrons. The van der Waals surface area contributed by atoms with Gasteiger partial charge in [-0.2, -0.15) is 0 Å². The topological polar surface area (TPSA) is 61.4 Å². The monoisotopic (exact) mass is 236 g/mol. The number of benzene rings is 1. The fourth-order valence-corrected chi connectivity index (χ4v) is 1.25. The molecule has 0 fully saturated rings. The second-order valence-electron chi connectivity index (χ2n) is 4.34. The highest BCUT2D eigenvalue weighted by Crippen LogP contribution is 2.03. The van der Waals surface area contributed by atoms with Gasteiger partial charge in [-0.15, -0.1) is 0 Å². The van der Waals surface area contributed by atoms with E-state index >= 15 is 0 Å².